The van der Waals surface area contributed by atoms with E-state index >= 15 is 0 Å². The zero-order valence-electron chi connectivity index (χ0n) is 19.9. The number of hydrogen-bond donors (Lipinski definition) is 1. The van der Waals surface area contributed by atoms with Crippen LogP contribution in [0.15, 0.2) is 60.7 Å². The highest BCUT2D eigenvalue weighted by Crippen LogP contribution is 2.41. The fourth-order valence-corrected chi connectivity index (χ4v) is 5.37. The SMILES string of the molecule is CN(C[C@H](O)c1ccccc1)C(=O)C[C@@]1(c2ccccc2)CC(=O)N(CC2CCCCC2)C1=O. The summed E-state index contributed by atoms with van der Waals surface area (Å²) in [6, 6.07) is 18.4. The van der Waals surface area contributed by atoms with Crippen molar-refractivity contribution in [1.29, 1.82) is 0 Å². The van der Waals surface area contributed by atoms with E-state index in [0.29, 0.717) is 18.0 Å². The van der Waals surface area contributed by atoms with Gasteiger partial charge in [-0.25, -0.2) is 0 Å². The minimum atomic E-state index is -1.20. The van der Waals surface area contributed by atoms with Gasteiger partial charge in [-0.15, -0.1) is 0 Å². The number of aliphatic hydroxyl groups excluding tert-OH is 1. The molecular weight excluding hydrogens is 428 g/mol. The Morgan fingerprint density at radius 1 is 1.03 bits per heavy atom. The monoisotopic (exact) mass is 462 g/mol. The Kier molecular flexibility index (Phi) is 7.47. The van der Waals surface area contributed by atoms with Crippen LogP contribution in [0.4, 0.5) is 0 Å². The molecule has 6 heteroatoms. The molecule has 2 aliphatic rings. The van der Waals surface area contributed by atoms with Gasteiger partial charge in [0.05, 0.1) is 18.1 Å². The molecule has 2 fully saturated rings. The zero-order valence-corrected chi connectivity index (χ0v) is 19.9. The van der Waals surface area contributed by atoms with Crippen LogP contribution in [0, 0.1) is 5.92 Å². The van der Waals surface area contributed by atoms with E-state index in [1.165, 1.54) is 16.2 Å². The van der Waals surface area contributed by atoms with Gasteiger partial charge in [-0.1, -0.05) is 79.9 Å². The number of likely N-dealkylation sites (N-methyl/N-ethyl adjacent to an activating group) is 1. The molecule has 0 unspecified atom stereocenters. The Morgan fingerprint density at radius 3 is 2.29 bits per heavy atom. The minimum Gasteiger partial charge on any atom is -0.387 e. The van der Waals surface area contributed by atoms with Gasteiger partial charge in [0.1, 0.15) is 0 Å². The van der Waals surface area contributed by atoms with Crippen molar-refractivity contribution in [1.82, 2.24) is 9.80 Å². The lowest BCUT2D eigenvalue weighted by molar-refractivity contribution is -0.143. The predicted molar refractivity (Wildman–Crippen MR) is 130 cm³/mol. The maximum atomic E-state index is 13.8. The summed E-state index contributed by atoms with van der Waals surface area (Å²) in [5.41, 5.74) is 0.228. The van der Waals surface area contributed by atoms with Crippen LogP contribution in [0.1, 0.15) is 62.2 Å². The van der Waals surface area contributed by atoms with E-state index in [-0.39, 0.29) is 37.1 Å². The van der Waals surface area contributed by atoms with Gasteiger partial charge in [-0.2, -0.15) is 0 Å². The molecular formula is C28H34N2O4. The van der Waals surface area contributed by atoms with Gasteiger partial charge in [-0.3, -0.25) is 19.3 Å². The molecule has 0 bridgehead atoms. The zero-order chi connectivity index (χ0) is 24.1. The average Bonchev–Trinajstić information content (AvgIpc) is 3.10. The highest BCUT2D eigenvalue weighted by atomic mass is 16.3. The number of carbonyl (C=O) groups is 3. The summed E-state index contributed by atoms with van der Waals surface area (Å²) in [7, 11) is 1.63. The Morgan fingerprint density at radius 2 is 1.65 bits per heavy atom. The van der Waals surface area contributed by atoms with Gasteiger partial charge in [-0.05, 0) is 29.9 Å². The normalized spacial score (nSPS) is 22.1. The van der Waals surface area contributed by atoms with Crippen molar-refractivity contribution in [2.24, 2.45) is 5.92 Å². The van der Waals surface area contributed by atoms with Gasteiger partial charge >= 0.3 is 0 Å². The van der Waals surface area contributed by atoms with Crippen molar-refractivity contribution in [2.75, 3.05) is 20.1 Å². The van der Waals surface area contributed by atoms with E-state index in [0.717, 1.165) is 31.2 Å². The summed E-state index contributed by atoms with van der Waals surface area (Å²) < 4.78 is 0. The van der Waals surface area contributed by atoms with Crippen molar-refractivity contribution in [3.8, 4) is 0 Å². The molecule has 1 heterocycles. The standard InChI is InChI=1S/C28H34N2O4/c1-29(20-24(31)22-13-7-3-8-14-22)25(32)17-28(23-15-9-4-10-16-23)18-26(33)30(27(28)34)19-21-11-5-2-6-12-21/h3-4,7-10,13-16,21,24,31H,2,5-6,11-12,17-20H2,1H3/t24-,28-/m0/s1. The number of aliphatic hydroxyl groups is 1. The molecule has 0 spiro atoms. The van der Waals surface area contributed by atoms with Gasteiger partial charge in [0.2, 0.25) is 17.7 Å². The molecule has 180 valence electrons. The minimum absolute atomic E-state index is 0.00336. The second kappa shape index (κ2) is 10.5. The Hall–Kier alpha value is -2.99. The van der Waals surface area contributed by atoms with Gasteiger partial charge < -0.3 is 10.0 Å². The second-order valence-corrected chi connectivity index (χ2v) is 9.82. The first kappa shape index (κ1) is 24.1. The third-order valence-corrected chi connectivity index (χ3v) is 7.41. The Bertz CT molecular complexity index is 1000. The third-order valence-electron chi connectivity index (χ3n) is 7.41. The number of hydrogen-bond acceptors (Lipinski definition) is 4. The second-order valence-electron chi connectivity index (χ2n) is 9.82. The van der Waals surface area contributed by atoms with E-state index in [9.17, 15) is 19.5 Å². The van der Waals surface area contributed by atoms with E-state index in [1.54, 1.807) is 7.05 Å². The van der Waals surface area contributed by atoms with E-state index < -0.39 is 11.5 Å². The molecule has 1 saturated carbocycles. The quantitative estimate of drug-likeness (QED) is 0.605. The molecule has 2 aromatic rings. The molecule has 1 saturated heterocycles. The number of amides is 3. The molecule has 2 aromatic carbocycles. The maximum Gasteiger partial charge on any atom is 0.240 e. The summed E-state index contributed by atoms with van der Waals surface area (Å²) in [4.78, 5) is 43.1. The number of imide groups is 1. The van der Waals surface area contributed by atoms with Crippen molar-refractivity contribution >= 4 is 17.7 Å². The summed E-state index contributed by atoms with van der Waals surface area (Å²) in [6.07, 6.45) is 4.64. The summed E-state index contributed by atoms with van der Waals surface area (Å²) in [6.45, 7) is 0.560. The van der Waals surface area contributed by atoms with Gasteiger partial charge in [0, 0.05) is 26.4 Å². The lowest BCUT2D eigenvalue weighted by Gasteiger charge is -2.31. The number of benzene rings is 2. The number of carbonyl (C=O) groups excluding carboxylic acids is 3. The highest BCUT2D eigenvalue weighted by molar-refractivity contribution is 6.10. The fourth-order valence-electron chi connectivity index (χ4n) is 5.37. The first-order chi connectivity index (χ1) is 16.4. The maximum absolute atomic E-state index is 13.8. The van der Waals surface area contributed by atoms with Crippen molar-refractivity contribution < 1.29 is 19.5 Å². The number of rotatable bonds is 8. The largest absolute Gasteiger partial charge is 0.387 e. The highest BCUT2D eigenvalue weighted by Gasteiger charge is 2.54. The van der Waals surface area contributed by atoms with E-state index in [2.05, 4.69) is 0 Å². The average molecular weight is 463 g/mol. The Balaban J connectivity index is 1.54. The molecule has 2 atom stereocenters. The van der Waals surface area contributed by atoms with Gasteiger partial charge in [0.25, 0.3) is 0 Å². The first-order valence-corrected chi connectivity index (χ1v) is 12.3. The lowest BCUT2D eigenvalue weighted by Crippen LogP contribution is -2.44. The molecule has 1 aliphatic heterocycles. The van der Waals surface area contributed by atoms with E-state index in [1.807, 2.05) is 60.7 Å². The van der Waals surface area contributed by atoms with Crippen molar-refractivity contribution in [2.45, 2.75) is 56.5 Å². The van der Waals surface area contributed by atoms with Crippen LogP contribution in [0.2, 0.25) is 0 Å². The summed E-state index contributed by atoms with van der Waals surface area (Å²) in [5, 5.41) is 10.6. The molecule has 0 aromatic heterocycles. The van der Waals surface area contributed by atoms with Crippen LogP contribution in [0.25, 0.3) is 0 Å². The molecule has 1 N–H and O–H groups in total. The number of nitrogens with zero attached hydrogens (tertiary/aromatic N) is 2. The first-order valence-electron chi connectivity index (χ1n) is 12.3. The van der Waals surface area contributed by atoms with Crippen LogP contribution in [-0.4, -0.2) is 52.8 Å². The molecule has 3 amide bonds. The third kappa shape index (κ3) is 5.07. The molecule has 1 aliphatic carbocycles. The predicted octanol–water partition coefficient (Wildman–Crippen LogP) is 3.85. The van der Waals surface area contributed by atoms with Crippen LogP contribution < -0.4 is 0 Å². The van der Waals surface area contributed by atoms with Gasteiger partial charge in [0.15, 0.2) is 0 Å². The molecule has 34 heavy (non-hydrogen) atoms. The Labute approximate surface area is 201 Å². The van der Waals surface area contributed by atoms with Crippen molar-refractivity contribution in [3.05, 3.63) is 71.8 Å². The smallest absolute Gasteiger partial charge is 0.240 e. The lowest BCUT2D eigenvalue weighted by atomic mass is 9.75. The molecule has 4 rings (SSSR count). The van der Waals surface area contributed by atoms with Crippen LogP contribution in [0.3, 0.4) is 0 Å². The van der Waals surface area contributed by atoms with Crippen molar-refractivity contribution in [3.63, 3.8) is 0 Å². The van der Waals surface area contributed by atoms with Crippen LogP contribution >= 0.6 is 0 Å². The number of likely N-dealkylation sites (tertiary alicyclic amines) is 1. The summed E-state index contributed by atoms with van der Waals surface area (Å²) in [5.74, 6) is -0.383. The molecule has 6 nitrogen and oxygen atoms in total. The summed E-state index contributed by atoms with van der Waals surface area (Å²) >= 11 is 0. The van der Waals surface area contributed by atoms with Crippen LogP contribution in [0.5, 0.6) is 0 Å². The molecule has 0 radical (unpaired) electrons. The van der Waals surface area contributed by atoms with E-state index in [4.69, 9.17) is 0 Å². The topological polar surface area (TPSA) is 77.9 Å². The fraction of sp³-hybridized carbons (Fsp3) is 0.464. The van der Waals surface area contributed by atoms with Crippen LogP contribution in [-0.2, 0) is 19.8 Å².